The zero-order chi connectivity index (χ0) is 19.3. The molecule has 5 heteroatoms. The van der Waals surface area contributed by atoms with E-state index in [0.717, 1.165) is 58.0 Å². The van der Waals surface area contributed by atoms with Gasteiger partial charge in [-0.15, -0.1) is 0 Å². The molecule has 1 saturated heterocycles. The maximum Gasteiger partial charge on any atom is 0.284 e. The van der Waals surface area contributed by atoms with E-state index in [9.17, 15) is 4.79 Å². The van der Waals surface area contributed by atoms with Crippen molar-refractivity contribution in [1.29, 1.82) is 0 Å². The van der Waals surface area contributed by atoms with Crippen molar-refractivity contribution in [2.75, 3.05) is 37.7 Å². The van der Waals surface area contributed by atoms with Crippen LogP contribution in [0.15, 0.2) is 48.5 Å². The topological polar surface area (TPSA) is 50.6 Å². The van der Waals surface area contributed by atoms with Gasteiger partial charge in [0, 0.05) is 23.4 Å². The van der Waals surface area contributed by atoms with Crippen LogP contribution in [0.2, 0.25) is 0 Å². The van der Waals surface area contributed by atoms with Crippen molar-refractivity contribution in [3.63, 3.8) is 0 Å². The Hall–Kier alpha value is -2.21. The number of para-hydroxylation sites is 1. The molecule has 4 rings (SSSR count). The molecule has 2 aromatic carbocycles. The molecule has 0 spiro atoms. The van der Waals surface area contributed by atoms with Crippen LogP contribution in [0.1, 0.15) is 23.6 Å². The molecule has 5 nitrogen and oxygen atoms in total. The van der Waals surface area contributed by atoms with Gasteiger partial charge in [-0.25, -0.2) is 0 Å². The van der Waals surface area contributed by atoms with Gasteiger partial charge in [0.25, 0.3) is 5.91 Å². The van der Waals surface area contributed by atoms with Gasteiger partial charge in [-0.1, -0.05) is 42.5 Å². The second-order valence-corrected chi connectivity index (χ2v) is 7.90. The summed E-state index contributed by atoms with van der Waals surface area (Å²) >= 11 is 0. The van der Waals surface area contributed by atoms with Crippen LogP contribution < -0.4 is 15.1 Å². The molecule has 148 valence electrons. The number of fused-ring (bicyclic) bond motifs is 1. The minimum Gasteiger partial charge on any atom is -0.370 e. The molecule has 2 heterocycles. The first kappa shape index (κ1) is 19.1. The first-order valence-electron chi connectivity index (χ1n) is 10.4. The van der Waals surface area contributed by atoms with E-state index in [1.807, 2.05) is 17.9 Å². The summed E-state index contributed by atoms with van der Waals surface area (Å²) in [5.41, 5.74) is 5.09. The first-order valence-corrected chi connectivity index (χ1v) is 10.4. The van der Waals surface area contributed by atoms with Gasteiger partial charge in [0.15, 0.2) is 6.04 Å². The van der Waals surface area contributed by atoms with Crippen LogP contribution in [0.3, 0.4) is 0 Å². The number of quaternary nitrogens is 2. The summed E-state index contributed by atoms with van der Waals surface area (Å²) in [6.07, 6.45) is 0.958. The summed E-state index contributed by atoms with van der Waals surface area (Å²) < 4.78 is 5.48. The van der Waals surface area contributed by atoms with Crippen molar-refractivity contribution in [2.24, 2.45) is 0 Å². The highest BCUT2D eigenvalue weighted by Crippen LogP contribution is 2.27. The van der Waals surface area contributed by atoms with E-state index in [4.69, 9.17) is 4.74 Å². The van der Waals surface area contributed by atoms with Gasteiger partial charge in [0.1, 0.15) is 26.2 Å². The van der Waals surface area contributed by atoms with Gasteiger partial charge in [-0.2, -0.15) is 0 Å². The van der Waals surface area contributed by atoms with Crippen LogP contribution >= 0.6 is 0 Å². The summed E-state index contributed by atoms with van der Waals surface area (Å²) in [7, 11) is 0. The van der Waals surface area contributed by atoms with Crippen molar-refractivity contribution in [3.8, 4) is 0 Å². The van der Waals surface area contributed by atoms with Gasteiger partial charge in [-0.05, 0) is 25.0 Å². The molecular formula is C23H31N3O2+2. The Labute approximate surface area is 167 Å². The summed E-state index contributed by atoms with van der Waals surface area (Å²) in [6, 6.07) is 16.8. The molecule has 2 aromatic rings. The quantitative estimate of drug-likeness (QED) is 0.748. The zero-order valence-electron chi connectivity index (χ0n) is 16.7. The third-order valence-electron chi connectivity index (χ3n) is 5.99. The summed E-state index contributed by atoms with van der Waals surface area (Å²) in [4.78, 5) is 16.5. The summed E-state index contributed by atoms with van der Waals surface area (Å²) in [5.74, 6) is 0.209. The fourth-order valence-electron chi connectivity index (χ4n) is 4.25. The van der Waals surface area contributed by atoms with E-state index in [-0.39, 0.29) is 11.9 Å². The molecule has 3 N–H and O–H groups in total. The fourth-order valence-corrected chi connectivity index (χ4v) is 4.25. The van der Waals surface area contributed by atoms with Crippen molar-refractivity contribution in [3.05, 3.63) is 65.2 Å². The van der Waals surface area contributed by atoms with Crippen LogP contribution in [0.25, 0.3) is 0 Å². The number of amides is 1. The number of hydrogen-bond acceptors (Lipinski definition) is 2. The molecule has 1 fully saturated rings. The second-order valence-electron chi connectivity index (χ2n) is 7.90. The maximum atomic E-state index is 13.0. The van der Waals surface area contributed by atoms with Crippen LogP contribution in [-0.4, -0.2) is 44.8 Å². The molecule has 2 aliphatic heterocycles. The largest absolute Gasteiger partial charge is 0.370 e. The number of nitrogens with one attached hydrogen (secondary N) is 1. The normalized spacial score (nSPS) is 18.1. The third kappa shape index (κ3) is 4.27. The molecule has 1 amide bonds. The highest BCUT2D eigenvalue weighted by Gasteiger charge is 2.29. The van der Waals surface area contributed by atoms with E-state index >= 15 is 0 Å². The van der Waals surface area contributed by atoms with Crippen LogP contribution in [-0.2, 0) is 29.0 Å². The van der Waals surface area contributed by atoms with Gasteiger partial charge in [0.2, 0.25) is 0 Å². The Bertz CT molecular complexity index is 817. The number of nitrogens with zero attached hydrogens (tertiary/aromatic N) is 1. The highest BCUT2D eigenvalue weighted by atomic mass is 16.5. The lowest BCUT2D eigenvalue weighted by Gasteiger charge is -2.25. The van der Waals surface area contributed by atoms with Crippen molar-refractivity contribution in [1.82, 2.24) is 0 Å². The van der Waals surface area contributed by atoms with E-state index in [1.165, 1.54) is 16.7 Å². The summed E-state index contributed by atoms with van der Waals surface area (Å²) in [5, 5.41) is 2.18. The number of benzene rings is 2. The van der Waals surface area contributed by atoms with Gasteiger partial charge in [0.05, 0.1) is 13.2 Å². The first-order chi connectivity index (χ1) is 13.7. The Kier molecular flexibility index (Phi) is 6.05. The standard InChI is InChI=1S/C23H29N3O2/c1-18(23(27)26-11-10-19-6-4-5-9-22(19)26)24-16-20-7-2-3-8-21(20)17-25-12-14-28-15-13-25/h2-9,18,24H,10-17H2,1H3/p+2/t18-/m0/s1. The van der Waals surface area contributed by atoms with Gasteiger partial charge >= 0.3 is 0 Å². The van der Waals surface area contributed by atoms with E-state index < -0.39 is 0 Å². The molecular weight excluding hydrogens is 350 g/mol. The Morgan fingerprint density at radius 2 is 1.82 bits per heavy atom. The third-order valence-corrected chi connectivity index (χ3v) is 5.99. The molecule has 28 heavy (non-hydrogen) atoms. The average molecular weight is 382 g/mol. The number of carbonyl (C=O) groups is 1. The number of nitrogens with two attached hydrogens (primary N) is 1. The molecule has 1 atom stereocenters. The lowest BCUT2D eigenvalue weighted by atomic mass is 10.1. The van der Waals surface area contributed by atoms with Crippen molar-refractivity contribution >= 4 is 11.6 Å². The smallest absolute Gasteiger partial charge is 0.284 e. The molecule has 0 bridgehead atoms. The monoisotopic (exact) mass is 381 g/mol. The molecule has 0 radical (unpaired) electrons. The second kappa shape index (κ2) is 8.86. The SMILES string of the molecule is C[C@H]([NH2+]Cc1ccccc1C[NH+]1CCOCC1)C(=O)N1CCc2ccccc21. The molecule has 0 unspecified atom stereocenters. The lowest BCUT2D eigenvalue weighted by Crippen LogP contribution is -3.12. The highest BCUT2D eigenvalue weighted by molar-refractivity contribution is 5.97. The number of rotatable bonds is 6. The minimum atomic E-state index is -0.0880. The average Bonchev–Trinajstić information content (AvgIpc) is 3.17. The van der Waals surface area contributed by atoms with E-state index in [1.54, 1.807) is 4.90 Å². The fraction of sp³-hybridized carbons (Fsp3) is 0.435. The number of anilines is 1. The molecule has 2 aliphatic rings. The molecule has 0 saturated carbocycles. The number of carbonyl (C=O) groups excluding carboxylic acids is 1. The van der Waals surface area contributed by atoms with Crippen molar-refractivity contribution in [2.45, 2.75) is 32.5 Å². The maximum absolute atomic E-state index is 13.0. The molecule has 0 aliphatic carbocycles. The van der Waals surface area contributed by atoms with Crippen molar-refractivity contribution < 1.29 is 19.7 Å². The number of morpholine rings is 1. The van der Waals surface area contributed by atoms with E-state index in [0.29, 0.717) is 0 Å². The minimum absolute atomic E-state index is 0.0880. The Morgan fingerprint density at radius 3 is 2.64 bits per heavy atom. The van der Waals surface area contributed by atoms with Crippen LogP contribution in [0, 0.1) is 0 Å². The van der Waals surface area contributed by atoms with Crippen LogP contribution in [0.4, 0.5) is 5.69 Å². The number of ether oxygens (including phenoxy) is 1. The van der Waals surface area contributed by atoms with E-state index in [2.05, 4.69) is 47.8 Å². The van der Waals surface area contributed by atoms with Gasteiger partial charge < -0.3 is 19.9 Å². The molecule has 0 aromatic heterocycles. The lowest BCUT2D eigenvalue weighted by molar-refractivity contribution is -0.921. The number of hydrogen-bond donors (Lipinski definition) is 2. The zero-order valence-corrected chi connectivity index (χ0v) is 16.7. The summed E-state index contributed by atoms with van der Waals surface area (Å²) in [6.45, 7) is 8.55. The van der Waals surface area contributed by atoms with Gasteiger partial charge in [-0.3, -0.25) is 4.79 Å². The predicted molar refractivity (Wildman–Crippen MR) is 109 cm³/mol. The predicted octanol–water partition coefficient (Wildman–Crippen LogP) is 0.143. The Morgan fingerprint density at radius 1 is 1.11 bits per heavy atom. The Balaban J connectivity index is 1.37. The van der Waals surface area contributed by atoms with Crippen LogP contribution in [0.5, 0.6) is 0 Å².